The zero-order valence-corrected chi connectivity index (χ0v) is 18.0. The molecule has 1 aromatic heterocycles. The van der Waals surface area contributed by atoms with Crippen molar-refractivity contribution in [3.8, 4) is 0 Å². The number of para-hydroxylation sites is 1. The van der Waals surface area contributed by atoms with Crippen molar-refractivity contribution < 1.29 is 9.59 Å². The Balaban J connectivity index is 0.00000320. The van der Waals surface area contributed by atoms with E-state index >= 15 is 0 Å². The van der Waals surface area contributed by atoms with E-state index in [1.165, 1.54) is 0 Å². The van der Waals surface area contributed by atoms with Crippen LogP contribution in [0.25, 0.3) is 0 Å². The van der Waals surface area contributed by atoms with E-state index < -0.39 is 12.1 Å². The van der Waals surface area contributed by atoms with Crippen LogP contribution in [-0.4, -0.2) is 47.0 Å². The van der Waals surface area contributed by atoms with Crippen molar-refractivity contribution in [2.24, 2.45) is 0 Å². The molecular weight excluding hydrogens is 402 g/mol. The second-order valence-electron chi connectivity index (χ2n) is 7.31. The number of urea groups is 1. The first-order chi connectivity index (χ1) is 14.1. The quantitative estimate of drug-likeness (QED) is 0.655. The topological polar surface area (TPSA) is 86.4 Å². The SMILES string of the molecule is CC(NC(=O)Nc1ccccc1)C(=O)N(Cc1ccccn1)C1CCCNCC1.Cl. The Bertz CT molecular complexity index is 783. The highest BCUT2D eigenvalue weighted by Gasteiger charge is 2.29. The van der Waals surface area contributed by atoms with Crippen molar-refractivity contribution in [2.45, 2.75) is 44.8 Å². The Morgan fingerprint density at radius 1 is 1.13 bits per heavy atom. The van der Waals surface area contributed by atoms with Crippen LogP contribution in [0.15, 0.2) is 54.7 Å². The number of hydrogen-bond acceptors (Lipinski definition) is 4. The molecule has 3 rings (SSSR count). The second-order valence-corrected chi connectivity index (χ2v) is 7.31. The van der Waals surface area contributed by atoms with Gasteiger partial charge >= 0.3 is 6.03 Å². The molecule has 2 aromatic rings. The maximum atomic E-state index is 13.3. The number of halogens is 1. The lowest BCUT2D eigenvalue weighted by atomic mass is 10.1. The van der Waals surface area contributed by atoms with Gasteiger partial charge in [-0.05, 0) is 63.5 Å². The molecule has 1 fully saturated rings. The van der Waals surface area contributed by atoms with Crippen LogP contribution in [0, 0.1) is 0 Å². The predicted molar refractivity (Wildman–Crippen MR) is 121 cm³/mol. The van der Waals surface area contributed by atoms with E-state index in [-0.39, 0.29) is 24.4 Å². The summed E-state index contributed by atoms with van der Waals surface area (Å²) in [6.07, 6.45) is 4.59. The van der Waals surface area contributed by atoms with Crippen molar-refractivity contribution in [1.82, 2.24) is 20.5 Å². The number of hydrogen-bond donors (Lipinski definition) is 3. The number of amides is 3. The van der Waals surface area contributed by atoms with Crippen LogP contribution in [0.2, 0.25) is 0 Å². The minimum Gasteiger partial charge on any atom is -0.332 e. The van der Waals surface area contributed by atoms with Gasteiger partial charge in [-0.3, -0.25) is 9.78 Å². The van der Waals surface area contributed by atoms with Crippen LogP contribution in [0.5, 0.6) is 0 Å². The second kappa shape index (κ2) is 12.1. The molecule has 0 aliphatic carbocycles. The summed E-state index contributed by atoms with van der Waals surface area (Å²) in [5, 5.41) is 8.92. The fourth-order valence-corrected chi connectivity index (χ4v) is 3.56. The fraction of sp³-hybridized carbons (Fsp3) is 0.409. The van der Waals surface area contributed by atoms with Crippen LogP contribution in [-0.2, 0) is 11.3 Å². The van der Waals surface area contributed by atoms with Crippen LogP contribution in [0.3, 0.4) is 0 Å². The van der Waals surface area contributed by atoms with Crippen molar-refractivity contribution in [3.05, 3.63) is 60.4 Å². The number of nitrogens with one attached hydrogen (secondary N) is 3. The third kappa shape index (κ3) is 7.00. The van der Waals surface area contributed by atoms with Gasteiger partial charge in [0.25, 0.3) is 0 Å². The third-order valence-corrected chi connectivity index (χ3v) is 5.08. The first-order valence-electron chi connectivity index (χ1n) is 10.2. The summed E-state index contributed by atoms with van der Waals surface area (Å²) in [4.78, 5) is 31.9. The highest BCUT2D eigenvalue weighted by atomic mass is 35.5. The van der Waals surface area contributed by atoms with Gasteiger partial charge in [-0.1, -0.05) is 24.3 Å². The van der Waals surface area contributed by atoms with Crippen LogP contribution < -0.4 is 16.0 Å². The van der Waals surface area contributed by atoms with E-state index in [4.69, 9.17) is 0 Å². The molecular formula is C22H30ClN5O2. The van der Waals surface area contributed by atoms with Crippen LogP contribution >= 0.6 is 12.4 Å². The molecule has 30 heavy (non-hydrogen) atoms. The number of carbonyl (C=O) groups is 2. The van der Waals surface area contributed by atoms with E-state index in [0.29, 0.717) is 12.2 Å². The number of nitrogens with zero attached hydrogens (tertiary/aromatic N) is 2. The van der Waals surface area contributed by atoms with E-state index in [2.05, 4.69) is 20.9 Å². The molecule has 7 nitrogen and oxygen atoms in total. The van der Waals surface area contributed by atoms with Gasteiger partial charge < -0.3 is 20.9 Å². The fourth-order valence-electron chi connectivity index (χ4n) is 3.56. The maximum Gasteiger partial charge on any atom is 0.319 e. The molecule has 2 unspecified atom stereocenters. The minimum atomic E-state index is -0.640. The van der Waals surface area contributed by atoms with Gasteiger partial charge in [0.05, 0.1) is 12.2 Å². The number of pyridine rings is 1. The van der Waals surface area contributed by atoms with Gasteiger partial charge in [0, 0.05) is 17.9 Å². The van der Waals surface area contributed by atoms with Gasteiger partial charge in [0.2, 0.25) is 5.91 Å². The lowest BCUT2D eigenvalue weighted by Crippen LogP contribution is -2.51. The van der Waals surface area contributed by atoms with Gasteiger partial charge in [0.15, 0.2) is 0 Å². The van der Waals surface area contributed by atoms with Gasteiger partial charge in [-0.2, -0.15) is 0 Å². The number of carbonyl (C=O) groups excluding carboxylic acids is 2. The predicted octanol–water partition coefficient (Wildman–Crippen LogP) is 3.18. The average Bonchev–Trinajstić information content (AvgIpc) is 3.02. The van der Waals surface area contributed by atoms with Crippen LogP contribution in [0.1, 0.15) is 31.9 Å². The molecule has 2 heterocycles. The molecule has 0 radical (unpaired) electrons. The van der Waals surface area contributed by atoms with Gasteiger partial charge in [-0.25, -0.2) is 4.79 Å². The Labute approximate surface area is 184 Å². The molecule has 1 aliphatic rings. The summed E-state index contributed by atoms with van der Waals surface area (Å²) in [5.41, 5.74) is 1.53. The third-order valence-electron chi connectivity index (χ3n) is 5.08. The molecule has 162 valence electrons. The summed E-state index contributed by atoms with van der Waals surface area (Å²) in [6, 6.07) is 14.0. The van der Waals surface area contributed by atoms with E-state index in [1.54, 1.807) is 25.3 Å². The molecule has 0 spiro atoms. The Kier molecular flexibility index (Phi) is 9.57. The molecule has 1 aliphatic heterocycles. The van der Waals surface area contributed by atoms with Gasteiger partial charge in [0.1, 0.15) is 6.04 Å². The zero-order chi connectivity index (χ0) is 20.5. The number of benzene rings is 1. The molecule has 0 saturated carbocycles. The molecule has 2 atom stereocenters. The molecule has 8 heteroatoms. The lowest BCUT2D eigenvalue weighted by molar-refractivity contribution is -0.136. The largest absolute Gasteiger partial charge is 0.332 e. The highest BCUT2D eigenvalue weighted by molar-refractivity contribution is 5.93. The van der Waals surface area contributed by atoms with Crippen molar-refractivity contribution in [2.75, 3.05) is 18.4 Å². The Morgan fingerprint density at radius 2 is 1.90 bits per heavy atom. The minimum absolute atomic E-state index is 0. The van der Waals surface area contributed by atoms with E-state index in [9.17, 15) is 9.59 Å². The maximum absolute atomic E-state index is 13.3. The van der Waals surface area contributed by atoms with Crippen molar-refractivity contribution in [3.63, 3.8) is 0 Å². The monoisotopic (exact) mass is 431 g/mol. The summed E-state index contributed by atoms with van der Waals surface area (Å²) >= 11 is 0. The molecule has 0 bridgehead atoms. The lowest BCUT2D eigenvalue weighted by Gasteiger charge is -2.33. The molecule has 3 N–H and O–H groups in total. The average molecular weight is 432 g/mol. The van der Waals surface area contributed by atoms with Crippen LogP contribution in [0.4, 0.5) is 10.5 Å². The number of anilines is 1. The summed E-state index contributed by atoms with van der Waals surface area (Å²) < 4.78 is 0. The van der Waals surface area contributed by atoms with Gasteiger partial charge in [-0.15, -0.1) is 12.4 Å². The summed E-state index contributed by atoms with van der Waals surface area (Å²) in [5.74, 6) is -0.0919. The Morgan fingerprint density at radius 3 is 2.63 bits per heavy atom. The number of aromatic nitrogens is 1. The number of rotatable bonds is 6. The molecule has 1 aromatic carbocycles. The molecule has 1 saturated heterocycles. The Hall–Kier alpha value is -2.64. The van der Waals surface area contributed by atoms with E-state index in [1.807, 2.05) is 41.3 Å². The van der Waals surface area contributed by atoms with Crippen molar-refractivity contribution >= 4 is 30.0 Å². The first kappa shape index (κ1) is 23.6. The molecule has 3 amide bonds. The van der Waals surface area contributed by atoms with Crippen molar-refractivity contribution in [1.29, 1.82) is 0 Å². The summed E-state index contributed by atoms with van der Waals surface area (Å²) in [7, 11) is 0. The normalized spacial score (nSPS) is 17.0. The summed E-state index contributed by atoms with van der Waals surface area (Å²) in [6.45, 7) is 4.02. The standard InChI is InChI=1S/C22H29N5O2.ClH/c1-17(25-22(29)26-18-8-3-2-4-9-18)21(28)27(16-19-10-5-6-14-24-19)20-11-7-13-23-15-12-20;/h2-6,8-10,14,17,20,23H,7,11-13,15-16H2,1H3,(H2,25,26,29);1H. The van der Waals surface area contributed by atoms with E-state index in [0.717, 1.165) is 38.0 Å². The highest BCUT2D eigenvalue weighted by Crippen LogP contribution is 2.18. The zero-order valence-electron chi connectivity index (χ0n) is 17.2. The smallest absolute Gasteiger partial charge is 0.319 e. The first-order valence-corrected chi connectivity index (χ1v) is 10.2.